The predicted octanol–water partition coefficient (Wildman–Crippen LogP) is 2.98. The minimum Gasteiger partial charge on any atom is -0.481 e. The second kappa shape index (κ2) is 7.46. The lowest BCUT2D eigenvalue weighted by Gasteiger charge is -2.17. The maximum Gasteiger partial charge on any atom is 0.308 e. The van der Waals surface area contributed by atoms with Gasteiger partial charge in [0.05, 0.1) is 5.92 Å². The lowest BCUT2D eigenvalue weighted by atomic mass is 9.89. The van der Waals surface area contributed by atoms with Crippen molar-refractivity contribution in [2.75, 3.05) is 18.4 Å². The zero-order valence-electron chi connectivity index (χ0n) is 15.4. The number of carbonyl (C=O) groups excluding carboxylic acids is 2. The molecular weight excluding hydrogens is 356 g/mol. The van der Waals surface area contributed by atoms with Gasteiger partial charge in [-0.15, -0.1) is 0 Å². The Hall–Kier alpha value is -3.15. The summed E-state index contributed by atoms with van der Waals surface area (Å²) in [6.07, 6.45) is 1.82. The average Bonchev–Trinajstić information content (AvgIpc) is 3.46. The number of hydrogen-bond donors (Lipinski definition) is 2. The van der Waals surface area contributed by atoms with Gasteiger partial charge in [0.2, 0.25) is 5.91 Å². The van der Waals surface area contributed by atoms with E-state index in [2.05, 4.69) is 5.32 Å². The molecule has 2 aliphatic rings. The molecule has 2 atom stereocenters. The number of likely N-dealkylation sites (tertiary alicyclic amines) is 1. The second-order valence-electron chi connectivity index (χ2n) is 7.52. The fraction of sp³-hybridized carbons (Fsp3) is 0.318. The van der Waals surface area contributed by atoms with E-state index in [4.69, 9.17) is 0 Å². The van der Waals surface area contributed by atoms with Gasteiger partial charge in [-0.1, -0.05) is 36.4 Å². The predicted molar refractivity (Wildman–Crippen MR) is 104 cm³/mol. The first-order chi connectivity index (χ1) is 13.5. The quantitative estimate of drug-likeness (QED) is 0.837. The van der Waals surface area contributed by atoms with Crippen LogP contribution in [0.1, 0.15) is 34.7 Å². The van der Waals surface area contributed by atoms with Gasteiger partial charge in [0.1, 0.15) is 0 Å². The van der Waals surface area contributed by atoms with Gasteiger partial charge in [0.15, 0.2) is 0 Å². The molecule has 4 rings (SSSR count). The van der Waals surface area contributed by atoms with Crippen LogP contribution < -0.4 is 5.32 Å². The summed E-state index contributed by atoms with van der Waals surface area (Å²) in [4.78, 5) is 38.3. The fourth-order valence-electron chi connectivity index (χ4n) is 3.76. The number of benzene rings is 2. The van der Waals surface area contributed by atoms with Crippen LogP contribution in [-0.4, -0.2) is 40.9 Å². The van der Waals surface area contributed by atoms with E-state index in [1.807, 2.05) is 30.3 Å². The maximum absolute atomic E-state index is 13.0. The molecule has 2 fully saturated rings. The van der Waals surface area contributed by atoms with Gasteiger partial charge in [-0.2, -0.15) is 0 Å². The van der Waals surface area contributed by atoms with Crippen LogP contribution in [0.25, 0.3) is 0 Å². The molecule has 28 heavy (non-hydrogen) atoms. The highest BCUT2D eigenvalue weighted by molar-refractivity contribution is 5.98. The standard InChI is InChI=1S/C22H22N2O4/c25-20(15-9-10-15)23-17-8-4-7-16(11-17)21(26)24-12-18(19(13-24)22(27)28)14-5-2-1-3-6-14/h1-8,11,15,18-19H,9-10,12-13H2,(H,23,25)(H,27,28)/t18-,19-/m1/s1. The molecule has 0 aromatic heterocycles. The first kappa shape index (κ1) is 18.2. The minimum atomic E-state index is -0.894. The summed E-state index contributed by atoms with van der Waals surface area (Å²) in [5, 5.41) is 12.5. The molecule has 0 unspecified atom stereocenters. The molecule has 6 nitrogen and oxygen atoms in total. The molecule has 0 spiro atoms. The van der Waals surface area contributed by atoms with Gasteiger partial charge < -0.3 is 15.3 Å². The Morgan fingerprint density at radius 3 is 2.39 bits per heavy atom. The lowest BCUT2D eigenvalue weighted by molar-refractivity contribution is -0.141. The van der Waals surface area contributed by atoms with Crippen LogP contribution in [0.15, 0.2) is 54.6 Å². The van der Waals surface area contributed by atoms with Gasteiger partial charge in [0.25, 0.3) is 5.91 Å². The van der Waals surface area contributed by atoms with E-state index in [0.717, 1.165) is 18.4 Å². The summed E-state index contributed by atoms with van der Waals surface area (Å²) in [5.41, 5.74) is 1.97. The van der Waals surface area contributed by atoms with E-state index in [1.165, 1.54) is 0 Å². The average molecular weight is 378 g/mol. The number of anilines is 1. The maximum atomic E-state index is 13.0. The Balaban J connectivity index is 1.51. The van der Waals surface area contributed by atoms with Crippen LogP contribution in [-0.2, 0) is 9.59 Å². The number of rotatable bonds is 5. The zero-order valence-corrected chi connectivity index (χ0v) is 15.4. The summed E-state index contributed by atoms with van der Waals surface area (Å²) in [7, 11) is 0. The Bertz CT molecular complexity index is 908. The zero-order chi connectivity index (χ0) is 19.7. The van der Waals surface area contributed by atoms with Crippen molar-refractivity contribution in [3.8, 4) is 0 Å². The van der Waals surface area contributed by atoms with E-state index < -0.39 is 11.9 Å². The molecule has 1 aliphatic carbocycles. The highest BCUT2D eigenvalue weighted by Crippen LogP contribution is 2.34. The molecule has 0 radical (unpaired) electrons. The lowest BCUT2D eigenvalue weighted by Crippen LogP contribution is -2.30. The van der Waals surface area contributed by atoms with Crippen molar-refractivity contribution in [3.63, 3.8) is 0 Å². The van der Waals surface area contributed by atoms with E-state index in [9.17, 15) is 19.5 Å². The van der Waals surface area contributed by atoms with E-state index in [-0.39, 0.29) is 30.2 Å². The summed E-state index contributed by atoms with van der Waals surface area (Å²) in [6.45, 7) is 0.533. The molecule has 144 valence electrons. The van der Waals surface area contributed by atoms with Crippen molar-refractivity contribution >= 4 is 23.5 Å². The third-order valence-electron chi connectivity index (χ3n) is 5.48. The smallest absolute Gasteiger partial charge is 0.308 e. The van der Waals surface area contributed by atoms with Crippen LogP contribution >= 0.6 is 0 Å². The third kappa shape index (κ3) is 3.76. The minimum absolute atomic E-state index is 0.0131. The Kier molecular flexibility index (Phi) is 4.86. The number of carbonyl (C=O) groups is 3. The van der Waals surface area contributed by atoms with Crippen LogP contribution in [0.3, 0.4) is 0 Å². The fourth-order valence-corrected chi connectivity index (χ4v) is 3.76. The number of nitrogens with one attached hydrogen (secondary N) is 1. The molecule has 2 amide bonds. The number of carboxylic acid groups (broad SMARTS) is 1. The van der Waals surface area contributed by atoms with Gasteiger partial charge in [0, 0.05) is 36.2 Å². The second-order valence-corrected chi connectivity index (χ2v) is 7.52. The van der Waals surface area contributed by atoms with E-state index in [0.29, 0.717) is 17.8 Å². The number of carboxylic acids is 1. The molecule has 0 bridgehead atoms. The van der Waals surface area contributed by atoms with Crippen molar-refractivity contribution in [3.05, 3.63) is 65.7 Å². The molecular formula is C22H22N2O4. The third-order valence-corrected chi connectivity index (χ3v) is 5.48. The van der Waals surface area contributed by atoms with Gasteiger partial charge >= 0.3 is 5.97 Å². The highest BCUT2D eigenvalue weighted by atomic mass is 16.4. The van der Waals surface area contributed by atoms with Crippen LogP contribution in [0.2, 0.25) is 0 Å². The Morgan fingerprint density at radius 1 is 0.964 bits per heavy atom. The largest absolute Gasteiger partial charge is 0.481 e. The number of aliphatic carboxylic acids is 1. The monoisotopic (exact) mass is 378 g/mol. The summed E-state index contributed by atoms with van der Waals surface area (Å²) >= 11 is 0. The van der Waals surface area contributed by atoms with E-state index >= 15 is 0 Å². The van der Waals surface area contributed by atoms with Crippen molar-refractivity contribution in [2.24, 2.45) is 11.8 Å². The molecule has 1 heterocycles. The first-order valence-corrected chi connectivity index (χ1v) is 9.51. The van der Waals surface area contributed by atoms with Crippen molar-refractivity contribution in [1.29, 1.82) is 0 Å². The summed E-state index contributed by atoms with van der Waals surface area (Å²) in [5.74, 6) is -1.91. The number of nitrogens with zero attached hydrogens (tertiary/aromatic N) is 1. The summed E-state index contributed by atoms with van der Waals surface area (Å²) in [6, 6.07) is 16.3. The van der Waals surface area contributed by atoms with Crippen molar-refractivity contribution < 1.29 is 19.5 Å². The molecule has 2 N–H and O–H groups in total. The summed E-state index contributed by atoms with van der Waals surface area (Å²) < 4.78 is 0. The Morgan fingerprint density at radius 2 is 1.71 bits per heavy atom. The van der Waals surface area contributed by atoms with Crippen LogP contribution in [0, 0.1) is 11.8 Å². The Labute approximate surface area is 163 Å². The SMILES string of the molecule is O=C(Nc1cccc(C(=O)N2C[C@H](c3ccccc3)[C@H](C(=O)O)C2)c1)C1CC1. The molecule has 1 saturated heterocycles. The van der Waals surface area contributed by atoms with Gasteiger partial charge in [-0.25, -0.2) is 0 Å². The first-order valence-electron chi connectivity index (χ1n) is 9.51. The molecule has 1 aliphatic heterocycles. The highest BCUT2D eigenvalue weighted by Gasteiger charge is 2.40. The molecule has 2 aromatic rings. The van der Waals surface area contributed by atoms with Gasteiger partial charge in [-0.05, 0) is 36.6 Å². The van der Waals surface area contributed by atoms with E-state index in [1.54, 1.807) is 29.2 Å². The molecule has 1 saturated carbocycles. The normalized spacial score (nSPS) is 21.4. The van der Waals surface area contributed by atoms with Crippen molar-refractivity contribution in [2.45, 2.75) is 18.8 Å². The van der Waals surface area contributed by atoms with Gasteiger partial charge in [-0.3, -0.25) is 14.4 Å². The molecule has 6 heteroatoms. The van der Waals surface area contributed by atoms with Crippen molar-refractivity contribution in [1.82, 2.24) is 4.90 Å². The number of hydrogen-bond acceptors (Lipinski definition) is 3. The van der Waals surface area contributed by atoms with Crippen LogP contribution in [0.5, 0.6) is 0 Å². The van der Waals surface area contributed by atoms with Crippen LogP contribution in [0.4, 0.5) is 5.69 Å². The molecule has 2 aromatic carbocycles. The topological polar surface area (TPSA) is 86.7 Å². The number of amides is 2.